The highest BCUT2D eigenvalue weighted by Gasteiger charge is 2.50. The predicted octanol–water partition coefficient (Wildman–Crippen LogP) is 6.61. The van der Waals surface area contributed by atoms with Gasteiger partial charge in [0, 0.05) is 5.56 Å². The quantitative estimate of drug-likeness (QED) is 0.376. The van der Waals surface area contributed by atoms with Gasteiger partial charge in [0.2, 0.25) is 0 Å². The molecule has 188 valence electrons. The maximum absolute atomic E-state index is 13.1. The molecule has 35 heavy (non-hydrogen) atoms. The zero-order valence-corrected chi connectivity index (χ0v) is 20.3. The van der Waals surface area contributed by atoms with Crippen molar-refractivity contribution < 1.29 is 30.9 Å². The maximum Gasteiger partial charge on any atom is 0.534 e. The maximum atomic E-state index is 13.1. The van der Waals surface area contributed by atoms with Crippen LogP contribution in [0, 0.1) is 10.8 Å². The molecule has 0 aromatic heterocycles. The number of aromatic hydroxyl groups is 1. The minimum absolute atomic E-state index is 0.0503. The number of hydrogen-bond donors (Lipinski definition) is 1. The lowest BCUT2D eigenvalue weighted by Gasteiger charge is -2.22. The van der Waals surface area contributed by atoms with E-state index < -0.39 is 15.6 Å². The summed E-state index contributed by atoms with van der Waals surface area (Å²) in [5, 5.41) is 10.7. The Balaban J connectivity index is 1.47. The van der Waals surface area contributed by atoms with E-state index in [2.05, 4.69) is 0 Å². The first-order chi connectivity index (χ1) is 16.5. The molecular formula is C27H29F3O4S. The van der Waals surface area contributed by atoms with Gasteiger partial charge in [-0.1, -0.05) is 37.8 Å². The van der Waals surface area contributed by atoms with Crippen LogP contribution in [0.1, 0.15) is 73.6 Å². The molecule has 0 amide bonds. The van der Waals surface area contributed by atoms with E-state index in [4.69, 9.17) is 4.18 Å². The number of fused-ring (bicyclic) bond motifs is 2. The molecule has 0 unspecified atom stereocenters. The van der Waals surface area contributed by atoms with E-state index in [1.54, 1.807) is 12.1 Å². The van der Waals surface area contributed by atoms with Crippen LogP contribution in [0.4, 0.5) is 13.2 Å². The molecule has 8 heteroatoms. The number of phenolic OH excluding ortho intramolecular Hbond substituents is 1. The molecule has 2 aromatic rings. The number of rotatable bonds is 3. The van der Waals surface area contributed by atoms with Crippen LogP contribution >= 0.6 is 0 Å². The molecule has 4 aliphatic carbocycles. The van der Waals surface area contributed by atoms with E-state index in [0.717, 1.165) is 79.2 Å². The van der Waals surface area contributed by atoms with Crippen molar-refractivity contribution in [3.8, 4) is 22.6 Å². The molecule has 0 atom stereocenters. The molecule has 1 N–H and O–H groups in total. The molecule has 4 aliphatic rings. The van der Waals surface area contributed by atoms with E-state index in [1.807, 2.05) is 6.07 Å². The van der Waals surface area contributed by atoms with Gasteiger partial charge in [-0.25, -0.2) is 0 Å². The molecular weight excluding hydrogens is 477 g/mol. The summed E-state index contributed by atoms with van der Waals surface area (Å²) in [5.74, 6) is 0.111. The van der Waals surface area contributed by atoms with E-state index in [9.17, 15) is 26.7 Å². The van der Waals surface area contributed by atoms with Gasteiger partial charge in [-0.15, -0.1) is 0 Å². The standard InChI is InChI=1S/C27H29F3O4S/c28-27(29,30)35(32,33)34-24-8-6-18(20-14-26(16-22(20)24)11-3-4-12-26)17-5-7-23(31)21-15-25(13-19(17)21)9-1-2-10-25/h5-8,31H,1-4,9-16H2. The Labute approximate surface area is 203 Å². The van der Waals surface area contributed by atoms with Crippen LogP contribution in [-0.2, 0) is 35.8 Å². The smallest absolute Gasteiger partial charge is 0.508 e. The molecule has 0 aliphatic heterocycles. The molecule has 0 saturated heterocycles. The van der Waals surface area contributed by atoms with Crippen molar-refractivity contribution >= 4 is 10.1 Å². The molecule has 2 fully saturated rings. The Kier molecular flexibility index (Phi) is 5.06. The lowest BCUT2D eigenvalue weighted by molar-refractivity contribution is -0.0500. The van der Waals surface area contributed by atoms with Crippen LogP contribution < -0.4 is 4.18 Å². The van der Waals surface area contributed by atoms with Crippen LogP contribution in [0.15, 0.2) is 24.3 Å². The summed E-state index contributed by atoms with van der Waals surface area (Å²) in [6.45, 7) is 0. The van der Waals surface area contributed by atoms with Crippen molar-refractivity contribution in [1.82, 2.24) is 0 Å². The second kappa shape index (κ2) is 7.64. The lowest BCUT2D eigenvalue weighted by atomic mass is 9.82. The molecule has 2 saturated carbocycles. The molecule has 2 aromatic carbocycles. The third kappa shape index (κ3) is 3.66. The van der Waals surface area contributed by atoms with Gasteiger partial charge in [-0.3, -0.25) is 0 Å². The van der Waals surface area contributed by atoms with Gasteiger partial charge < -0.3 is 9.29 Å². The summed E-state index contributed by atoms with van der Waals surface area (Å²) in [6.07, 6.45) is 11.8. The molecule has 0 heterocycles. The highest BCUT2D eigenvalue weighted by atomic mass is 32.2. The second-order valence-corrected chi connectivity index (χ2v) is 12.8. The fourth-order valence-electron chi connectivity index (χ4n) is 7.48. The Morgan fingerprint density at radius 3 is 1.71 bits per heavy atom. The Morgan fingerprint density at radius 2 is 1.17 bits per heavy atom. The van der Waals surface area contributed by atoms with Crippen molar-refractivity contribution in [3.63, 3.8) is 0 Å². The van der Waals surface area contributed by atoms with Gasteiger partial charge in [0.05, 0.1) is 0 Å². The topological polar surface area (TPSA) is 63.6 Å². The van der Waals surface area contributed by atoms with Crippen molar-refractivity contribution in [1.29, 1.82) is 0 Å². The summed E-state index contributed by atoms with van der Waals surface area (Å²) in [5.41, 5.74) is 0.237. The fraction of sp³-hybridized carbons (Fsp3) is 0.556. The third-order valence-corrected chi connectivity index (χ3v) is 10.1. The Bertz CT molecular complexity index is 1300. The highest BCUT2D eigenvalue weighted by molar-refractivity contribution is 7.88. The summed E-state index contributed by atoms with van der Waals surface area (Å²) >= 11 is 0. The number of halogens is 3. The molecule has 6 rings (SSSR count). The van der Waals surface area contributed by atoms with Crippen LogP contribution in [0.25, 0.3) is 11.1 Å². The minimum atomic E-state index is -5.75. The summed E-state index contributed by atoms with van der Waals surface area (Å²) in [4.78, 5) is 0. The normalized spacial score (nSPS) is 22.1. The average Bonchev–Trinajstić information content (AvgIpc) is 3.57. The van der Waals surface area contributed by atoms with Gasteiger partial charge >= 0.3 is 15.6 Å². The van der Waals surface area contributed by atoms with Crippen LogP contribution in [0.3, 0.4) is 0 Å². The van der Waals surface area contributed by atoms with E-state index in [-0.39, 0.29) is 16.6 Å². The largest absolute Gasteiger partial charge is 0.534 e. The zero-order valence-electron chi connectivity index (χ0n) is 19.5. The summed E-state index contributed by atoms with van der Waals surface area (Å²) in [7, 11) is -5.75. The fourth-order valence-corrected chi connectivity index (χ4v) is 7.96. The van der Waals surface area contributed by atoms with E-state index in [0.29, 0.717) is 24.2 Å². The van der Waals surface area contributed by atoms with Gasteiger partial charge in [-0.05, 0) is 102 Å². The number of hydrogen-bond acceptors (Lipinski definition) is 4. The van der Waals surface area contributed by atoms with E-state index >= 15 is 0 Å². The predicted molar refractivity (Wildman–Crippen MR) is 126 cm³/mol. The van der Waals surface area contributed by atoms with E-state index in [1.165, 1.54) is 18.9 Å². The first-order valence-electron chi connectivity index (χ1n) is 12.5. The van der Waals surface area contributed by atoms with Crippen molar-refractivity contribution in [2.75, 3.05) is 0 Å². The third-order valence-electron chi connectivity index (χ3n) is 9.10. The average molecular weight is 507 g/mol. The van der Waals surface area contributed by atoms with Crippen LogP contribution in [0.2, 0.25) is 0 Å². The van der Waals surface area contributed by atoms with Crippen LogP contribution in [0.5, 0.6) is 11.5 Å². The number of phenols is 1. The molecule has 4 nitrogen and oxygen atoms in total. The summed E-state index contributed by atoms with van der Waals surface area (Å²) in [6, 6.07) is 6.77. The molecule has 0 radical (unpaired) electrons. The number of alkyl halides is 3. The number of benzene rings is 2. The van der Waals surface area contributed by atoms with Gasteiger partial charge in [0.1, 0.15) is 11.5 Å². The molecule has 2 spiro atoms. The highest BCUT2D eigenvalue weighted by Crippen LogP contribution is 2.56. The zero-order chi connectivity index (χ0) is 24.6. The van der Waals surface area contributed by atoms with Gasteiger partial charge in [0.25, 0.3) is 0 Å². The Morgan fingerprint density at radius 1 is 0.714 bits per heavy atom. The van der Waals surface area contributed by atoms with Gasteiger partial charge in [0.15, 0.2) is 0 Å². The monoisotopic (exact) mass is 506 g/mol. The Hall–Kier alpha value is -2.22. The lowest BCUT2D eigenvalue weighted by Crippen LogP contribution is -2.28. The van der Waals surface area contributed by atoms with Crippen molar-refractivity contribution in [2.24, 2.45) is 10.8 Å². The second-order valence-electron chi connectivity index (χ2n) is 11.3. The van der Waals surface area contributed by atoms with Crippen molar-refractivity contribution in [2.45, 2.75) is 82.6 Å². The molecule has 0 bridgehead atoms. The summed E-state index contributed by atoms with van der Waals surface area (Å²) < 4.78 is 67.7. The first kappa shape index (κ1) is 23.2. The van der Waals surface area contributed by atoms with Gasteiger partial charge in [-0.2, -0.15) is 21.6 Å². The minimum Gasteiger partial charge on any atom is -0.508 e. The van der Waals surface area contributed by atoms with Crippen molar-refractivity contribution in [3.05, 3.63) is 46.5 Å². The first-order valence-corrected chi connectivity index (χ1v) is 13.9. The SMILES string of the molecule is O=S(=O)(Oc1ccc(-c2ccc(O)c3c2CC2(CCCC2)C3)c2c1CC1(CCCC1)C2)C(F)(F)F. The van der Waals surface area contributed by atoms with Crippen LogP contribution in [-0.4, -0.2) is 19.0 Å².